The van der Waals surface area contributed by atoms with Gasteiger partial charge < -0.3 is 10.6 Å². The van der Waals surface area contributed by atoms with Crippen LogP contribution < -0.4 is 5.73 Å². The molecule has 0 atom stereocenters. The molecule has 2 rings (SSSR count). The Balaban J connectivity index is 2.10. The van der Waals surface area contributed by atoms with Crippen LogP contribution in [0.25, 0.3) is 0 Å². The third kappa shape index (κ3) is 2.65. The Morgan fingerprint density at radius 3 is 3.00 bits per heavy atom. The highest BCUT2D eigenvalue weighted by atomic mass is 32.1. The molecule has 2 aromatic rings. The number of aromatic amines is 1. The predicted octanol–water partition coefficient (Wildman–Crippen LogP) is 1.72. The number of rotatable bonds is 4. The number of hydrogen-bond acceptors (Lipinski definition) is 4. The Hall–Kier alpha value is -1.82. The van der Waals surface area contributed by atoms with E-state index in [4.69, 9.17) is 5.73 Å². The molecular formula is C11H14N4OS. The summed E-state index contributed by atoms with van der Waals surface area (Å²) in [7, 11) is 0. The second-order valence-electron chi connectivity index (χ2n) is 3.61. The van der Waals surface area contributed by atoms with E-state index in [1.165, 1.54) is 0 Å². The lowest BCUT2D eigenvalue weighted by Gasteiger charge is -2.18. The number of carbonyl (C=O) groups excluding carboxylic acids is 1. The van der Waals surface area contributed by atoms with Crippen LogP contribution in [0.15, 0.2) is 23.6 Å². The highest BCUT2D eigenvalue weighted by molar-refractivity contribution is 7.09. The van der Waals surface area contributed by atoms with Crippen molar-refractivity contribution in [3.05, 3.63) is 34.2 Å². The molecule has 90 valence electrons. The van der Waals surface area contributed by atoms with Crippen LogP contribution in [0.2, 0.25) is 0 Å². The topological polar surface area (TPSA) is 75.0 Å². The number of nitrogens with one attached hydrogen (secondary N) is 1. The van der Waals surface area contributed by atoms with Gasteiger partial charge in [-0.05, 0) is 18.4 Å². The summed E-state index contributed by atoms with van der Waals surface area (Å²) in [5.41, 5.74) is 5.91. The second kappa shape index (κ2) is 5.01. The first-order chi connectivity index (χ1) is 8.20. The Morgan fingerprint density at radius 2 is 2.47 bits per heavy atom. The number of thiophene rings is 1. The summed E-state index contributed by atoms with van der Waals surface area (Å²) >= 11 is 1.64. The number of carbonyl (C=O) groups is 1. The second-order valence-corrected chi connectivity index (χ2v) is 4.64. The normalized spacial score (nSPS) is 10.4. The fraction of sp³-hybridized carbons (Fsp3) is 0.273. The molecule has 1 amide bonds. The molecule has 5 nitrogen and oxygen atoms in total. The van der Waals surface area contributed by atoms with Crippen LogP contribution in [0.3, 0.4) is 0 Å². The van der Waals surface area contributed by atoms with Crippen LogP contribution >= 0.6 is 11.3 Å². The van der Waals surface area contributed by atoms with Crippen molar-refractivity contribution in [3.8, 4) is 0 Å². The quantitative estimate of drug-likeness (QED) is 0.867. The van der Waals surface area contributed by atoms with Crippen LogP contribution in [0, 0.1) is 0 Å². The number of hydrogen-bond donors (Lipinski definition) is 2. The fourth-order valence-corrected chi connectivity index (χ4v) is 2.25. The monoisotopic (exact) mass is 250 g/mol. The lowest BCUT2D eigenvalue weighted by atomic mass is 10.3. The average Bonchev–Trinajstić information content (AvgIpc) is 2.96. The molecule has 2 aromatic heterocycles. The van der Waals surface area contributed by atoms with Crippen molar-refractivity contribution < 1.29 is 4.79 Å². The van der Waals surface area contributed by atoms with Crippen LogP contribution in [-0.2, 0) is 6.54 Å². The van der Waals surface area contributed by atoms with Crippen LogP contribution in [-0.4, -0.2) is 27.5 Å². The van der Waals surface area contributed by atoms with E-state index in [0.29, 0.717) is 24.6 Å². The highest BCUT2D eigenvalue weighted by Crippen LogP contribution is 2.14. The minimum atomic E-state index is -0.0786. The molecule has 0 saturated heterocycles. The van der Waals surface area contributed by atoms with Crippen molar-refractivity contribution in [3.63, 3.8) is 0 Å². The molecule has 0 radical (unpaired) electrons. The lowest BCUT2D eigenvalue weighted by Crippen LogP contribution is -2.30. The largest absolute Gasteiger partial charge is 0.382 e. The number of nitrogens with zero attached hydrogens (tertiary/aromatic N) is 2. The Labute approximate surface area is 103 Å². The average molecular weight is 250 g/mol. The van der Waals surface area contributed by atoms with Gasteiger partial charge in [0.05, 0.1) is 6.54 Å². The zero-order valence-electron chi connectivity index (χ0n) is 9.51. The minimum Gasteiger partial charge on any atom is -0.382 e. The standard InChI is InChI=1S/C11H14N4OS/c1-2-15(7-8-4-3-5-17-8)11(16)9-6-10(12)14-13-9/h3-6H,2,7H2,1H3,(H3,12,13,14). The first-order valence-corrected chi connectivity index (χ1v) is 6.21. The summed E-state index contributed by atoms with van der Waals surface area (Å²) in [6.07, 6.45) is 0. The van der Waals surface area contributed by atoms with Crippen molar-refractivity contribution in [2.45, 2.75) is 13.5 Å². The number of nitrogens with two attached hydrogens (primary N) is 1. The summed E-state index contributed by atoms with van der Waals surface area (Å²) in [5.74, 6) is 0.255. The van der Waals surface area contributed by atoms with E-state index in [-0.39, 0.29) is 5.91 Å². The SMILES string of the molecule is CCN(Cc1cccs1)C(=O)c1cc(N)n[nH]1. The number of amides is 1. The van der Waals surface area contributed by atoms with Crippen LogP contribution in [0.1, 0.15) is 22.3 Å². The zero-order valence-corrected chi connectivity index (χ0v) is 10.3. The highest BCUT2D eigenvalue weighted by Gasteiger charge is 2.16. The van der Waals surface area contributed by atoms with Gasteiger partial charge in [0.25, 0.3) is 5.91 Å². The molecule has 0 bridgehead atoms. The maximum atomic E-state index is 12.1. The van der Waals surface area contributed by atoms with E-state index in [0.717, 1.165) is 4.88 Å². The summed E-state index contributed by atoms with van der Waals surface area (Å²) in [4.78, 5) is 15.0. The summed E-state index contributed by atoms with van der Waals surface area (Å²) in [6, 6.07) is 5.55. The molecule has 0 unspecified atom stereocenters. The summed E-state index contributed by atoms with van der Waals surface area (Å²) < 4.78 is 0. The number of anilines is 1. The maximum Gasteiger partial charge on any atom is 0.272 e. The Bertz CT molecular complexity index is 491. The van der Waals surface area contributed by atoms with Gasteiger partial charge in [0, 0.05) is 17.5 Å². The molecule has 17 heavy (non-hydrogen) atoms. The van der Waals surface area contributed by atoms with Crippen LogP contribution in [0.5, 0.6) is 0 Å². The third-order valence-corrected chi connectivity index (χ3v) is 3.28. The van der Waals surface area contributed by atoms with Crippen molar-refractivity contribution in [1.82, 2.24) is 15.1 Å². The first kappa shape index (κ1) is 11.7. The molecule has 0 spiro atoms. The molecule has 0 fully saturated rings. The van der Waals surface area contributed by atoms with Gasteiger partial charge in [0.15, 0.2) is 0 Å². The van der Waals surface area contributed by atoms with Gasteiger partial charge in [-0.25, -0.2) is 0 Å². The fourth-order valence-electron chi connectivity index (χ4n) is 1.53. The molecule has 3 N–H and O–H groups in total. The number of nitrogen functional groups attached to an aromatic ring is 1. The van der Waals surface area contributed by atoms with Crippen LogP contribution in [0.4, 0.5) is 5.82 Å². The minimum absolute atomic E-state index is 0.0786. The molecule has 0 aliphatic rings. The van der Waals surface area contributed by atoms with Gasteiger partial charge in [0.2, 0.25) is 0 Å². The van der Waals surface area contributed by atoms with Gasteiger partial charge in [0.1, 0.15) is 11.5 Å². The molecule has 0 aliphatic heterocycles. The summed E-state index contributed by atoms with van der Waals surface area (Å²) in [5, 5.41) is 8.40. The molecule has 2 heterocycles. The summed E-state index contributed by atoms with van der Waals surface area (Å²) in [6.45, 7) is 3.22. The predicted molar refractivity (Wildman–Crippen MR) is 67.7 cm³/mol. The maximum absolute atomic E-state index is 12.1. The third-order valence-electron chi connectivity index (χ3n) is 2.42. The van der Waals surface area contributed by atoms with Crippen molar-refractivity contribution in [1.29, 1.82) is 0 Å². The lowest BCUT2D eigenvalue weighted by molar-refractivity contribution is 0.0748. The van der Waals surface area contributed by atoms with E-state index in [9.17, 15) is 4.79 Å². The molecule has 0 saturated carbocycles. The number of aromatic nitrogens is 2. The van der Waals surface area contributed by atoms with E-state index in [2.05, 4.69) is 10.2 Å². The molecule has 0 aliphatic carbocycles. The molecular weight excluding hydrogens is 236 g/mol. The smallest absolute Gasteiger partial charge is 0.272 e. The van der Waals surface area contributed by atoms with Gasteiger partial charge in [-0.15, -0.1) is 11.3 Å². The van der Waals surface area contributed by atoms with Crippen molar-refractivity contribution in [2.75, 3.05) is 12.3 Å². The van der Waals surface area contributed by atoms with Gasteiger partial charge in [-0.3, -0.25) is 9.89 Å². The molecule has 0 aromatic carbocycles. The van der Waals surface area contributed by atoms with Crippen molar-refractivity contribution >= 4 is 23.1 Å². The van der Waals surface area contributed by atoms with Crippen molar-refractivity contribution in [2.24, 2.45) is 0 Å². The van der Waals surface area contributed by atoms with Gasteiger partial charge >= 0.3 is 0 Å². The Kier molecular flexibility index (Phi) is 3.43. The Morgan fingerprint density at radius 1 is 1.65 bits per heavy atom. The van der Waals surface area contributed by atoms with E-state index in [1.807, 2.05) is 24.4 Å². The van der Waals surface area contributed by atoms with Gasteiger partial charge in [-0.1, -0.05) is 6.07 Å². The van der Waals surface area contributed by atoms with E-state index < -0.39 is 0 Å². The first-order valence-electron chi connectivity index (χ1n) is 5.33. The van der Waals surface area contributed by atoms with E-state index >= 15 is 0 Å². The zero-order chi connectivity index (χ0) is 12.3. The van der Waals surface area contributed by atoms with E-state index in [1.54, 1.807) is 22.3 Å². The number of H-pyrrole nitrogens is 1. The van der Waals surface area contributed by atoms with Gasteiger partial charge in [-0.2, -0.15) is 5.10 Å². The molecule has 6 heteroatoms.